The van der Waals surface area contributed by atoms with E-state index in [1.54, 1.807) is 6.20 Å². The van der Waals surface area contributed by atoms with Gasteiger partial charge in [0.2, 0.25) is 0 Å². The van der Waals surface area contributed by atoms with Gasteiger partial charge in [0, 0.05) is 36.7 Å². The van der Waals surface area contributed by atoms with Gasteiger partial charge in [-0.25, -0.2) is 19.3 Å². The average Bonchev–Trinajstić information content (AvgIpc) is 2.68. The van der Waals surface area contributed by atoms with Crippen LogP contribution in [0.25, 0.3) is 22.3 Å². The van der Waals surface area contributed by atoms with Crippen molar-refractivity contribution in [3.63, 3.8) is 0 Å². The lowest BCUT2D eigenvalue weighted by Crippen LogP contribution is -2.36. The minimum absolute atomic E-state index is 0.236. The molecule has 27 heavy (non-hydrogen) atoms. The smallest absolute Gasteiger partial charge is 0.148 e. The number of hydrogen-bond acceptors (Lipinski definition) is 5. The van der Waals surface area contributed by atoms with E-state index in [0.29, 0.717) is 37.5 Å². The van der Waals surface area contributed by atoms with Gasteiger partial charge in [-0.05, 0) is 30.7 Å². The van der Waals surface area contributed by atoms with Crippen LogP contribution in [0, 0.1) is 12.7 Å². The van der Waals surface area contributed by atoms with Crippen LogP contribution in [0.5, 0.6) is 0 Å². The topological polar surface area (TPSA) is 51.1 Å². The normalized spacial score (nSPS) is 14.9. The molecule has 0 aliphatic carbocycles. The fourth-order valence-electron chi connectivity index (χ4n) is 3.38. The van der Waals surface area contributed by atoms with Gasteiger partial charge in [-0.1, -0.05) is 13.8 Å². The highest BCUT2D eigenvalue weighted by molar-refractivity contribution is 5.88. The predicted molar refractivity (Wildman–Crippen MR) is 105 cm³/mol. The Hall–Kier alpha value is -2.60. The summed E-state index contributed by atoms with van der Waals surface area (Å²) in [5.74, 6) is 0.764. The van der Waals surface area contributed by atoms with Crippen LogP contribution in [0.1, 0.15) is 31.2 Å². The molecule has 3 heterocycles. The standard InChI is InChI=1S/C21H23FN4O/c1-13(2)21-23-5-4-17(25-21)19-10-14(3)15-11-20(16(22)12-18(15)24-19)26-6-8-27-9-7-26/h4-5,10-13H,6-9H2,1-3H3. The summed E-state index contributed by atoms with van der Waals surface area (Å²) in [6, 6.07) is 7.29. The largest absolute Gasteiger partial charge is 0.378 e. The van der Waals surface area contributed by atoms with Crippen LogP contribution in [0.15, 0.2) is 30.5 Å². The van der Waals surface area contributed by atoms with Gasteiger partial charge in [-0.3, -0.25) is 0 Å². The van der Waals surface area contributed by atoms with Gasteiger partial charge < -0.3 is 9.64 Å². The van der Waals surface area contributed by atoms with Crippen molar-refractivity contribution in [1.82, 2.24) is 15.0 Å². The van der Waals surface area contributed by atoms with E-state index in [0.717, 1.165) is 28.2 Å². The molecule has 4 rings (SSSR count). The molecule has 140 valence electrons. The Kier molecular flexibility index (Phi) is 4.74. The second-order valence-electron chi connectivity index (χ2n) is 7.20. The first-order valence-electron chi connectivity index (χ1n) is 9.30. The second kappa shape index (κ2) is 7.19. The number of aryl methyl sites for hydroxylation is 1. The molecule has 1 saturated heterocycles. The minimum Gasteiger partial charge on any atom is -0.378 e. The van der Waals surface area contributed by atoms with Crippen LogP contribution in [0.4, 0.5) is 10.1 Å². The SMILES string of the molecule is Cc1cc(-c2ccnc(C(C)C)n2)nc2cc(F)c(N3CCOCC3)cc12. The third kappa shape index (κ3) is 3.49. The maximum Gasteiger partial charge on any atom is 0.148 e. The van der Waals surface area contributed by atoms with E-state index in [2.05, 4.69) is 28.8 Å². The molecule has 0 spiro atoms. The number of aromatic nitrogens is 3. The van der Waals surface area contributed by atoms with Crippen molar-refractivity contribution in [1.29, 1.82) is 0 Å². The van der Waals surface area contributed by atoms with Gasteiger partial charge in [0.15, 0.2) is 0 Å². The van der Waals surface area contributed by atoms with E-state index in [1.807, 2.05) is 30.0 Å². The van der Waals surface area contributed by atoms with E-state index in [1.165, 1.54) is 6.07 Å². The molecule has 0 radical (unpaired) electrons. The lowest BCUT2D eigenvalue weighted by molar-refractivity contribution is 0.122. The minimum atomic E-state index is -0.251. The Morgan fingerprint density at radius 2 is 1.85 bits per heavy atom. The van der Waals surface area contributed by atoms with Crippen molar-refractivity contribution >= 4 is 16.6 Å². The van der Waals surface area contributed by atoms with Crippen molar-refractivity contribution in [2.24, 2.45) is 0 Å². The Labute approximate surface area is 158 Å². The highest BCUT2D eigenvalue weighted by atomic mass is 19.1. The van der Waals surface area contributed by atoms with E-state index in [9.17, 15) is 4.39 Å². The number of ether oxygens (including phenoxy) is 1. The first kappa shape index (κ1) is 17.8. The number of anilines is 1. The molecule has 1 fully saturated rings. The van der Waals surface area contributed by atoms with Crippen LogP contribution in [0.2, 0.25) is 0 Å². The lowest BCUT2D eigenvalue weighted by atomic mass is 10.1. The van der Waals surface area contributed by atoms with Gasteiger partial charge in [-0.15, -0.1) is 0 Å². The summed E-state index contributed by atoms with van der Waals surface area (Å²) >= 11 is 0. The van der Waals surface area contributed by atoms with Gasteiger partial charge in [0.05, 0.1) is 35.8 Å². The Morgan fingerprint density at radius 3 is 2.59 bits per heavy atom. The maximum absolute atomic E-state index is 14.8. The number of hydrogen-bond donors (Lipinski definition) is 0. The number of pyridine rings is 1. The van der Waals surface area contributed by atoms with Gasteiger partial charge >= 0.3 is 0 Å². The summed E-state index contributed by atoms with van der Waals surface area (Å²) < 4.78 is 20.2. The van der Waals surface area contributed by atoms with Crippen molar-refractivity contribution in [3.05, 3.63) is 47.7 Å². The molecule has 0 N–H and O–H groups in total. The molecule has 0 saturated carbocycles. The fraction of sp³-hybridized carbons (Fsp3) is 0.381. The van der Waals surface area contributed by atoms with Crippen molar-refractivity contribution in [3.8, 4) is 11.4 Å². The molecular formula is C21H23FN4O. The molecule has 1 aliphatic rings. The summed E-state index contributed by atoms with van der Waals surface area (Å²) in [6.07, 6.45) is 1.75. The predicted octanol–water partition coefficient (Wildman–Crippen LogP) is 4.10. The maximum atomic E-state index is 14.8. The van der Waals surface area contributed by atoms with Gasteiger partial charge in [-0.2, -0.15) is 0 Å². The summed E-state index contributed by atoms with van der Waals surface area (Å²) in [7, 11) is 0. The van der Waals surface area contributed by atoms with Crippen LogP contribution in [-0.4, -0.2) is 41.3 Å². The van der Waals surface area contributed by atoms with Crippen LogP contribution in [-0.2, 0) is 4.74 Å². The Morgan fingerprint density at radius 1 is 1.07 bits per heavy atom. The number of rotatable bonds is 3. The molecule has 3 aromatic rings. The molecule has 0 unspecified atom stereocenters. The van der Waals surface area contributed by atoms with E-state index >= 15 is 0 Å². The molecule has 2 aromatic heterocycles. The molecule has 0 bridgehead atoms. The van der Waals surface area contributed by atoms with Gasteiger partial charge in [0.25, 0.3) is 0 Å². The Bertz CT molecular complexity index is 983. The first-order chi connectivity index (χ1) is 13.0. The van der Waals surface area contributed by atoms with Crippen molar-refractivity contribution in [2.75, 3.05) is 31.2 Å². The molecule has 6 heteroatoms. The number of fused-ring (bicyclic) bond motifs is 1. The summed E-state index contributed by atoms with van der Waals surface area (Å²) in [5.41, 5.74) is 3.81. The van der Waals surface area contributed by atoms with Crippen LogP contribution in [0.3, 0.4) is 0 Å². The third-order valence-electron chi connectivity index (χ3n) is 4.89. The number of halogens is 1. The zero-order chi connectivity index (χ0) is 19.0. The molecule has 0 atom stereocenters. The quantitative estimate of drug-likeness (QED) is 0.698. The molecule has 5 nitrogen and oxygen atoms in total. The number of morpholine rings is 1. The van der Waals surface area contributed by atoms with Crippen LogP contribution < -0.4 is 4.90 Å². The number of nitrogens with zero attached hydrogens (tertiary/aromatic N) is 4. The highest BCUT2D eigenvalue weighted by Crippen LogP contribution is 2.30. The van der Waals surface area contributed by atoms with E-state index in [4.69, 9.17) is 4.74 Å². The molecule has 1 aromatic carbocycles. The first-order valence-corrected chi connectivity index (χ1v) is 9.30. The highest BCUT2D eigenvalue weighted by Gasteiger charge is 2.18. The zero-order valence-corrected chi connectivity index (χ0v) is 15.9. The lowest BCUT2D eigenvalue weighted by Gasteiger charge is -2.29. The average molecular weight is 366 g/mol. The van der Waals surface area contributed by atoms with Crippen LogP contribution >= 0.6 is 0 Å². The zero-order valence-electron chi connectivity index (χ0n) is 15.9. The second-order valence-corrected chi connectivity index (χ2v) is 7.20. The fourth-order valence-corrected chi connectivity index (χ4v) is 3.38. The number of benzene rings is 1. The van der Waals surface area contributed by atoms with E-state index < -0.39 is 0 Å². The molecule has 1 aliphatic heterocycles. The molecular weight excluding hydrogens is 343 g/mol. The van der Waals surface area contributed by atoms with E-state index in [-0.39, 0.29) is 11.7 Å². The summed E-state index contributed by atoms with van der Waals surface area (Å²) in [6.45, 7) is 8.79. The Balaban J connectivity index is 1.79. The molecule has 0 amide bonds. The summed E-state index contributed by atoms with van der Waals surface area (Å²) in [4.78, 5) is 15.6. The van der Waals surface area contributed by atoms with Crippen molar-refractivity contribution in [2.45, 2.75) is 26.7 Å². The monoisotopic (exact) mass is 366 g/mol. The van der Waals surface area contributed by atoms with Gasteiger partial charge in [0.1, 0.15) is 11.6 Å². The van der Waals surface area contributed by atoms with Crippen molar-refractivity contribution < 1.29 is 9.13 Å². The summed E-state index contributed by atoms with van der Waals surface area (Å²) in [5, 5.41) is 0.958. The third-order valence-corrected chi connectivity index (χ3v) is 4.89.